The third kappa shape index (κ3) is 1.14. The molecule has 0 saturated carbocycles. The number of hydrogen-bond donors (Lipinski definition) is 2. The summed E-state index contributed by atoms with van der Waals surface area (Å²) in [6, 6.07) is 6.02. The minimum absolute atomic E-state index is 0.102. The van der Waals surface area contributed by atoms with Crippen molar-refractivity contribution in [2.75, 3.05) is 5.73 Å². The van der Waals surface area contributed by atoms with Crippen LogP contribution in [-0.4, -0.2) is 5.11 Å². The van der Waals surface area contributed by atoms with Crippen molar-refractivity contribution >= 4 is 5.69 Å². The maximum absolute atomic E-state index is 9.07. The Kier molecular flexibility index (Phi) is 1.85. The van der Waals surface area contributed by atoms with Gasteiger partial charge < -0.3 is 10.8 Å². The summed E-state index contributed by atoms with van der Waals surface area (Å²) in [5.41, 5.74) is 5.71. The Morgan fingerprint density at radius 3 is 2.17 bits per heavy atom. The second kappa shape index (κ2) is 2.81. The van der Waals surface area contributed by atoms with Crippen LogP contribution in [-0.2, 0) is 0 Å². The van der Waals surface area contributed by atoms with Gasteiger partial charge in [0.2, 0.25) is 0 Å². The first-order valence-corrected chi connectivity index (χ1v) is 3.11. The number of nitriles is 2. The zero-order valence-electron chi connectivity index (χ0n) is 6.07. The van der Waals surface area contributed by atoms with Crippen molar-refractivity contribution in [3.05, 3.63) is 23.3 Å². The second-order valence-electron chi connectivity index (χ2n) is 2.18. The number of rotatable bonds is 0. The fourth-order valence-electron chi connectivity index (χ4n) is 0.790. The second-order valence-corrected chi connectivity index (χ2v) is 2.18. The third-order valence-corrected chi connectivity index (χ3v) is 1.41. The number of anilines is 1. The van der Waals surface area contributed by atoms with E-state index in [4.69, 9.17) is 21.4 Å². The van der Waals surface area contributed by atoms with E-state index in [0.29, 0.717) is 0 Å². The molecule has 0 aliphatic carbocycles. The van der Waals surface area contributed by atoms with Gasteiger partial charge in [-0.05, 0) is 6.07 Å². The smallest absolute Gasteiger partial charge is 0.139 e. The molecule has 1 rings (SSSR count). The van der Waals surface area contributed by atoms with Crippen LogP contribution in [0.3, 0.4) is 0 Å². The highest BCUT2D eigenvalue weighted by Gasteiger charge is 2.05. The molecular formula is C8H5N3O. The quantitative estimate of drug-likeness (QED) is 0.430. The highest BCUT2D eigenvalue weighted by molar-refractivity contribution is 5.61. The van der Waals surface area contributed by atoms with Gasteiger partial charge in [-0.2, -0.15) is 10.5 Å². The van der Waals surface area contributed by atoms with Crippen LogP contribution >= 0.6 is 0 Å². The molecule has 0 unspecified atom stereocenters. The van der Waals surface area contributed by atoms with Crippen molar-refractivity contribution in [2.45, 2.75) is 0 Å². The molecule has 0 radical (unpaired) electrons. The molecule has 1 aromatic rings. The average Bonchev–Trinajstić information content (AvgIpc) is 2.09. The van der Waals surface area contributed by atoms with Crippen LogP contribution in [0, 0.1) is 22.7 Å². The van der Waals surface area contributed by atoms with Crippen LogP contribution in [0.15, 0.2) is 12.1 Å². The number of nitrogens with zero attached hydrogens (tertiary/aromatic N) is 2. The zero-order valence-corrected chi connectivity index (χ0v) is 6.07. The number of benzene rings is 1. The summed E-state index contributed by atoms with van der Waals surface area (Å²) in [6.07, 6.45) is 0. The first-order valence-electron chi connectivity index (χ1n) is 3.11. The molecule has 4 nitrogen and oxygen atoms in total. The highest BCUT2D eigenvalue weighted by atomic mass is 16.3. The molecule has 0 fully saturated rings. The van der Waals surface area contributed by atoms with E-state index >= 15 is 0 Å². The number of phenolic OH excluding ortho intramolecular Hbond substituents is 1. The lowest BCUT2D eigenvalue weighted by Gasteiger charge is -1.99. The average molecular weight is 159 g/mol. The minimum atomic E-state index is -0.175. The van der Waals surface area contributed by atoms with E-state index in [1.54, 1.807) is 12.1 Å². The Bertz CT molecular complexity index is 359. The molecule has 0 aliphatic rings. The zero-order chi connectivity index (χ0) is 9.14. The topological polar surface area (TPSA) is 93.8 Å². The lowest BCUT2D eigenvalue weighted by molar-refractivity contribution is 0.478. The van der Waals surface area contributed by atoms with E-state index < -0.39 is 0 Å². The Morgan fingerprint density at radius 1 is 1.17 bits per heavy atom. The molecule has 58 valence electrons. The van der Waals surface area contributed by atoms with Gasteiger partial charge in [-0.15, -0.1) is 0 Å². The number of phenols is 1. The number of hydrogen-bond acceptors (Lipinski definition) is 4. The molecule has 0 saturated heterocycles. The molecule has 0 aromatic heterocycles. The first kappa shape index (κ1) is 7.90. The van der Waals surface area contributed by atoms with E-state index in [1.807, 2.05) is 0 Å². The van der Waals surface area contributed by atoms with Crippen molar-refractivity contribution in [3.8, 4) is 17.9 Å². The molecule has 3 N–H and O–H groups in total. The SMILES string of the molecule is N#Cc1cc(N)c(O)cc1C#N. The predicted octanol–water partition coefficient (Wildman–Crippen LogP) is 0.718. The van der Waals surface area contributed by atoms with E-state index in [9.17, 15) is 0 Å². The summed E-state index contributed by atoms with van der Waals surface area (Å²) in [7, 11) is 0. The van der Waals surface area contributed by atoms with Crippen molar-refractivity contribution in [1.29, 1.82) is 10.5 Å². The van der Waals surface area contributed by atoms with Gasteiger partial charge in [0.15, 0.2) is 0 Å². The van der Waals surface area contributed by atoms with E-state index in [-0.39, 0.29) is 22.6 Å². The predicted molar refractivity (Wildman–Crippen MR) is 41.9 cm³/mol. The summed E-state index contributed by atoms with van der Waals surface area (Å²) < 4.78 is 0. The van der Waals surface area contributed by atoms with Gasteiger partial charge in [-0.25, -0.2) is 0 Å². The third-order valence-electron chi connectivity index (χ3n) is 1.41. The Hall–Kier alpha value is -2.20. The summed E-state index contributed by atoms with van der Waals surface area (Å²) in [5.74, 6) is -0.175. The molecule has 0 bridgehead atoms. The summed E-state index contributed by atoms with van der Waals surface area (Å²) in [4.78, 5) is 0. The van der Waals surface area contributed by atoms with Crippen molar-refractivity contribution in [1.82, 2.24) is 0 Å². The fraction of sp³-hybridized carbons (Fsp3) is 0. The number of nitrogens with two attached hydrogens (primary N) is 1. The minimum Gasteiger partial charge on any atom is -0.506 e. The van der Waals surface area contributed by atoms with Crippen molar-refractivity contribution in [2.24, 2.45) is 0 Å². The van der Waals surface area contributed by atoms with E-state index in [1.165, 1.54) is 12.1 Å². The van der Waals surface area contributed by atoms with Crippen LogP contribution in [0.4, 0.5) is 5.69 Å². The van der Waals surface area contributed by atoms with Gasteiger partial charge in [0.25, 0.3) is 0 Å². The van der Waals surface area contributed by atoms with Crippen molar-refractivity contribution in [3.63, 3.8) is 0 Å². The van der Waals surface area contributed by atoms with Crippen LogP contribution in [0.2, 0.25) is 0 Å². The molecule has 0 amide bonds. The van der Waals surface area contributed by atoms with Crippen molar-refractivity contribution < 1.29 is 5.11 Å². The summed E-state index contributed by atoms with van der Waals surface area (Å²) >= 11 is 0. The van der Waals surface area contributed by atoms with Crippen LogP contribution < -0.4 is 5.73 Å². The number of nitrogen functional groups attached to an aromatic ring is 1. The first-order chi connectivity index (χ1) is 5.69. The van der Waals surface area contributed by atoms with Gasteiger partial charge in [-0.3, -0.25) is 0 Å². The largest absolute Gasteiger partial charge is 0.506 e. The van der Waals surface area contributed by atoms with Gasteiger partial charge in [-0.1, -0.05) is 0 Å². The Morgan fingerprint density at radius 2 is 1.67 bits per heavy atom. The van der Waals surface area contributed by atoms with E-state index in [2.05, 4.69) is 0 Å². The monoisotopic (exact) mass is 159 g/mol. The van der Waals surface area contributed by atoms with E-state index in [0.717, 1.165) is 0 Å². The maximum Gasteiger partial charge on any atom is 0.139 e. The lowest BCUT2D eigenvalue weighted by atomic mass is 10.1. The molecule has 0 aliphatic heterocycles. The lowest BCUT2D eigenvalue weighted by Crippen LogP contribution is -1.90. The van der Waals surface area contributed by atoms with Gasteiger partial charge >= 0.3 is 0 Å². The highest BCUT2D eigenvalue weighted by Crippen LogP contribution is 2.23. The Labute approximate surface area is 69.1 Å². The summed E-state index contributed by atoms with van der Waals surface area (Å²) in [6.45, 7) is 0. The molecule has 0 atom stereocenters. The molecule has 0 heterocycles. The molecule has 4 heteroatoms. The normalized spacial score (nSPS) is 8.50. The maximum atomic E-state index is 9.07. The van der Waals surface area contributed by atoms with Gasteiger partial charge in [0.1, 0.15) is 17.9 Å². The van der Waals surface area contributed by atoms with Gasteiger partial charge in [0, 0.05) is 6.07 Å². The Balaban J connectivity index is 3.44. The van der Waals surface area contributed by atoms with Crippen LogP contribution in [0.25, 0.3) is 0 Å². The summed E-state index contributed by atoms with van der Waals surface area (Å²) in [5, 5.41) is 26.1. The molecule has 1 aromatic carbocycles. The standard InChI is InChI=1S/C8H5N3O/c9-3-5-1-7(11)8(12)2-6(5)4-10/h1-2,12H,11H2. The molecular weight excluding hydrogens is 154 g/mol. The van der Waals surface area contributed by atoms with Gasteiger partial charge in [0.05, 0.1) is 16.8 Å². The molecule has 12 heavy (non-hydrogen) atoms. The fourth-order valence-corrected chi connectivity index (χ4v) is 0.790. The van der Waals surface area contributed by atoms with Crippen LogP contribution in [0.5, 0.6) is 5.75 Å². The molecule has 0 spiro atoms. The van der Waals surface area contributed by atoms with Crippen LogP contribution in [0.1, 0.15) is 11.1 Å². The number of aromatic hydroxyl groups is 1.